The lowest BCUT2D eigenvalue weighted by Crippen LogP contribution is -2.15. The van der Waals surface area contributed by atoms with Gasteiger partial charge in [0.2, 0.25) is 0 Å². The van der Waals surface area contributed by atoms with Crippen molar-refractivity contribution in [1.29, 1.82) is 0 Å². The van der Waals surface area contributed by atoms with Gasteiger partial charge >= 0.3 is 6.18 Å². The Labute approximate surface area is 131 Å². The maximum Gasteiger partial charge on any atom is 0.416 e. The molecule has 0 bridgehead atoms. The van der Waals surface area contributed by atoms with Crippen LogP contribution in [0.2, 0.25) is 0 Å². The number of benzene rings is 1. The van der Waals surface area contributed by atoms with Crippen LogP contribution < -0.4 is 10.6 Å². The molecule has 1 amide bonds. The van der Waals surface area contributed by atoms with Crippen molar-refractivity contribution >= 4 is 17.3 Å². The standard InChI is InChI=1S/C16H14F3N3O/c1-2-7-20-12-6-8-21-14(10-12)15(23)22-13-5-3-4-11(9-13)16(17,18)19/h2-6,8-10H,1,7H2,(H,20,21)(H,22,23). The molecule has 0 aliphatic carbocycles. The molecule has 4 nitrogen and oxygen atoms in total. The highest BCUT2D eigenvalue weighted by molar-refractivity contribution is 6.03. The van der Waals surface area contributed by atoms with Gasteiger partial charge in [0.25, 0.3) is 5.91 Å². The van der Waals surface area contributed by atoms with E-state index >= 15 is 0 Å². The van der Waals surface area contributed by atoms with Crippen LogP contribution in [0.15, 0.2) is 55.3 Å². The van der Waals surface area contributed by atoms with Gasteiger partial charge in [-0.2, -0.15) is 13.2 Å². The predicted octanol–water partition coefficient (Wildman–Crippen LogP) is 3.95. The molecular formula is C16H14F3N3O. The molecule has 0 fully saturated rings. The minimum atomic E-state index is -4.46. The maximum absolute atomic E-state index is 12.7. The van der Waals surface area contributed by atoms with Crippen LogP contribution in [0.3, 0.4) is 0 Å². The molecule has 23 heavy (non-hydrogen) atoms. The van der Waals surface area contributed by atoms with Crippen LogP contribution in [-0.2, 0) is 6.18 Å². The summed E-state index contributed by atoms with van der Waals surface area (Å²) >= 11 is 0. The Kier molecular flexibility index (Phi) is 5.00. The van der Waals surface area contributed by atoms with Gasteiger partial charge in [-0.1, -0.05) is 12.1 Å². The van der Waals surface area contributed by atoms with Gasteiger partial charge in [0.1, 0.15) is 5.69 Å². The number of aromatic nitrogens is 1. The molecule has 0 unspecified atom stereocenters. The molecule has 2 rings (SSSR count). The molecule has 0 aliphatic rings. The smallest absolute Gasteiger partial charge is 0.381 e. The lowest BCUT2D eigenvalue weighted by atomic mass is 10.2. The van der Waals surface area contributed by atoms with E-state index in [-0.39, 0.29) is 11.4 Å². The largest absolute Gasteiger partial charge is 0.416 e. The zero-order valence-corrected chi connectivity index (χ0v) is 12.0. The van der Waals surface area contributed by atoms with E-state index in [1.54, 1.807) is 12.1 Å². The van der Waals surface area contributed by atoms with Crippen molar-refractivity contribution in [2.45, 2.75) is 6.18 Å². The molecular weight excluding hydrogens is 307 g/mol. The normalized spacial score (nSPS) is 10.9. The summed E-state index contributed by atoms with van der Waals surface area (Å²) in [6.07, 6.45) is -1.37. The Bertz CT molecular complexity index is 714. The Balaban J connectivity index is 2.14. The van der Waals surface area contributed by atoms with E-state index in [2.05, 4.69) is 22.2 Å². The topological polar surface area (TPSA) is 54.0 Å². The summed E-state index contributed by atoms with van der Waals surface area (Å²) in [5.41, 5.74) is -0.0219. The number of pyridine rings is 1. The number of anilines is 2. The van der Waals surface area contributed by atoms with Crippen LogP contribution in [0.4, 0.5) is 24.5 Å². The molecule has 2 aromatic rings. The zero-order chi connectivity index (χ0) is 16.9. The van der Waals surface area contributed by atoms with Gasteiger partial charge in [0, 0.05) is 24.1 Å². The van der Waals surface area contributed by atoms with Gasteiger partial charge in [-0.15, -0.1) is 6.58 Å². The number of hydrogen-bond acceptors (Lipinski definition) is 3. The van der Waals surface area contributed by atoms with Gasteiger partial charge in [-0.3, -0.25) is 9.78 Å². The Morgan fingerprint density at radius 1 is 1.22 bits per heavy atom. The number of alkyl halides is 3. The summed E-state index contributed by atoms with van der Waals surface area (Å²) < 4.78 is 38.0. The number of carbonyl (C=O) groups is 1. The number of amides is 1. The molecule has 0 radical (unpaired) electrons. The average molecular weight is 321 g/mol. The highest BCUT2D eigenvalue weighted by Gasteiger charge is 2.30. The number of rotatable bonds is 5. The number of carbonyl (C=O) groups excluding carboxylic acids is 1. The summed E-state index contributed by atoms with van der Waals surface area (Å²) in [7, 11) is 0. The van der Waals surface area contributed by atoms with Crippen molar-refractivity contribution in [3.8, 4) is 0 Å². The van der Waals surface area contributed by atoms with Crippen molar-refractivity contribution in [3.63, 3.8) is 0 Å². The fraction of sp³-hybridized carbons (Fsp3) is 0.125. The lowest BCUT2D eigenvalue weighted by Gasteiger charge is -2.10. The minimum absolute atomic E-state index is 0.0519. The van der Waals surface area contributed by atoms with Crippen LogP contribution in [0.25, 0.3) is 0 Å². The summed E-state index contributed by atoms with van der Waals surface area (Å²) in [4.78, 5) is 16.0. The van der Waals surface area contributed by atoms with Gasteiger partial charge in [0.15, 0.2) is 0 Å². The number of halogens is 3. The minimum Gasteiger partial charge on any atom is -0.381 e. The van der Waals surface area contributed by atoms with E-state index in [4.69, 9.17) is 0 Å². The molecule has 0 aliphatic heterocycles. The molecule has 0 saturated carbocycles. The van der Waals surface area contributed by atoms with Crippen LogP contribution in [-0.4, -0.2) is 17.4 Å². The second-order valence-corrected chi connectivity index (χ2v) is 4.63. The first-order valence-corrected chi connectivity index (χ1v) is 6.69. The lowest BCUT2D eigenvalue weighted by molar-refractivity contribution is -0.137. The third-order valence-electron chi connectivity index (χ3n) is 2.89. The Morgan fingerprint density at radius 2 is 2.00 bits per heavy atom. The average Bonchev–Trinajstić information content (AvgIpc) is 2.52. The highest BCUT2D eigenvalue weighted by Crippen LogP contribution is 2.30. The molecule has 0 spiro atoms. The van der Waals surface area contributed by atoms with Gasteiger partial charge in [-0.25, -0.2) is 0 Å². The highest BCUT2D eigenvalue weighted by atomic mass is 19.4. The number of nitrogens with one attached hydrogen (secondary N) is 2. The SMILES string of the molecule is C=CCNc1ccnc(C(=O)Nc2cccc(C(F)(F)F)c2)c1. The molecule has 2 N–H and O–H groups in total. The number of hydrogen-bond donors (Lipinski definition) is 2. The van der Waals surface area contributed by atoms with Crippen molar-refractivity contribution < 1.29 is 18.0 Å². The zero-order valence-electron chi connectivity index (χ0n) is 12.0. The third kappa shape index (κ3) is 4.57. The monoisotopic (exact) mass is 321 g/mol. The van der Waals surface area contributed by atoms with E-state index in [0.717, 1.165) is 12.1 Å². The first-order valence-electron chi connectivity index (χ1n) is 6.69. The quantitative estimate of drug-likeness (QED) is 0.820. The Hall–Kier alpha value is -2.83. The maximum atomic E-state index is 12.7. The van der Waals surface area contributed by atoms with Crippen LogP contribution in [0, 0.1) is 0 Å². The van der Waals surface area contributed by atoms with Crippen molar-refractivity contribution in [1.82, 2.24) is 4.98 Å². The molecule has 0 atom stereocenters. The first-order chi connectivity index (χ1) is 10.9. The number of nitrogens with zero attached hydrogens (tertiary/aromatic N) is 1. The first kappa shape index (κ1) is 16.5. The van der Waals surface area contributed by atoms with Crippen LogP contribution in [0.5, 0.6) is 0 Å². The second kappa shape index (κ2) is 6.95. The Morgan fingerprint density at radius 3 is 2.70 bits per heavy atom. The van der Waals surface area contributed by atoms with Gasteiger partial charge in [-0.05, 0) is 30.3 Å². The van der Waals surface area contributed by atoms with Crippen LogP contribution in [0.1, 0.15) is 16.1 Å². The molecule has 120 valence electrons. The molecule has 7 heteroatoms. The van der Waals surface area contributed by atoms with Gasteiger partial charge in [0.05, 0.1) is 5.56 Å². The molecule has 1 aromatic heterocycles. The fourth-order valence-corrected chi connectivity index (χ4v) is 1.82. The summed E-state index contributed by atoms with van der Waals surface area (Å²) in [5.74, 6) is -0.591. The van der Waals surface area contributed by atoms with Crippen molar-refractivity contribution in [2.75, 3.05) is 17.2 Å². The molecule has 0 saturated heterocycles. The summed E-state index contributed by atoms with van der Waals surface area (Å²) in [5, 5.41) is 5.40. The third-order valence-corrected chi connectivity index (χ3v) is 2.89. The van der Waals surface area contributed by atoms with E-state index in [1.807, 2.05) is 0 Å². The predicted molar refractivity (Wildman–Crippen MR) is 82.3 cm³/mol. The van der Waals surface area contributed by atoms with Crippen molar-refractivity contribution in [3.05, 3.63) is 66.5 Å². The summed E-state index contributed by atoms with van der Waals surface area (Å²) in [6.45, 7) is 4.08. The molecule has 1 aromatic carbocycles. The fourth-order valence-electron chi connectivity index (χ4n) is 1.82. The van der Waals surface area contributed by atoms with Crippen LogP contribution >= 0.6 is 0 Å². The van der Waals surface area contributed by atoms with E-state index < -0.39 is 17.6 Å². The second-order valence-electron chi connectivity index (χ2n) is 4.63. The van der Waals surface area contributed by atoms with Crippen molar-refractivity contribution in [2.24, 2.45) is 0 Å². The van der Waals surface area contributed by atoms with E-state index in [1.165, 1.54) is 24.4 Å². The van der Waals surface area contributed by atoms with E-state index in [0.29, 0.717) is 12.2 Å². The van der Waals surface area contributed by atoms with E-state index in [9.17, 15) is 18.0 Å². The van der Waals surface area contributed by atoms with Gasteiger partial charge < -0.3 is 10.6 Å². The molecule has 1 heterocycles. The summed E-state index contributed by atoms with van der Waals surface area (Å²) in [6, 6.07) is 7.60.